The Kier molecular flexibility index (Phi) is 8.07. The quantitative estimate of drug-likeness (QED) is 0.468. The third-order valence-electron chi connectivity index (χ3n) is 5.84. The molecule has 0 unspecified atom stereocenters. The van der Waals surface area contributed by atoms with Gasteiger partial charge in [-0.25, -0.2) is 4.79 Å². The van der Waals surface area contributed by atoms with E-state index in [1.807, 2.05) is 0 Å². The van der Waals surface area contributed by atoms with Crippen LogP contribution in [0.4, 0.5) is 5.00 Å². The molecule has 0 radical (unpaired) electrons. The molecule has 3 rings (SSSR count). The maximum atomic E-state index is 12.9. The minimum Gasteiger partial charge on any atom is -0.508 e. The fourth-order valence-corrected chi connectivity index (χ4v) is 5.28. The van der Waals surface area contributed by atoms with Gasteiger partial charge >= 0.3 is 5.97 Å². The largest absolute Gasteiger partial charge is 0.508 e. The number of allylic oxidation sites excluding steroid dienone is 2. The zero-order valence-electron chi connectivity index (χ0n) is 19.5. The van der Waals surface area contributed by atoms with Crippen molar-refractivity contribution >= 4 is 38.3 Å². The number of benzene rings is 1. The first kappa shape index (κ1) is 24.7. The molecule has 1 N–H and O–H groups in total. The van der Waals surface area contributed by atoms with Gasteiger partial charge in [0.05, 0.1) is 13.7 Å². The number of anilines is 1. The standard InChI is InChI=1S/C25H31N3O4S/c1-6-8-18(7-2)15-28(17(3)29)24-22(25(31)32-5)19-9-10-21(30)20(23(19)33-24)16-27-13-11-26(4)12-14-27/h6-10,30H,1-2,11-16H2,3-5H3/b18-8+. The monoisotopic (exact) mass is 469 g/mol. The maximum absolute atomic E-state index is 12.9. The highest BCUT2D eigenvalue weighted by molar-refractivity contribution is 7.23. The zero-order chi connectivity index (χ0) is 24.1. The number of methoxy groups -OCH3 is 1. The second kappa shape index (κ2) is 10.8. The van der Waals surface area contributed by atoms with Crippen LogP contribution >= 0.6 is 11.3 Å². The molecule has 1 amide bonds. The van der Waals surface area contributed by atoms with Gasteiger partial charge in [-0.1, -0.05) is 31.4 Å². The lowest BCUT2D eigenvalue weighted by molar-refractivity contribution is -0.116. The summed E-state index contributed by atoms with van der Waals surface area (Å²) in [7, 11) is 3.42. The molecule has 2 aromatic rings. The molecule has 2 heterocycles. The molecule has 1 fully saturated rings. The van der Waals surface area contributed by atoms with E-state index in [9.17, 15) is 14.7 Å². The molecule has 0 aliphatic carbocycles. The average Bonchev–Trinajstić information content (AvgIpc) is 3.18. The lowest BCUT2D eigenvalue weighted by Gasteiger charge is -2.32. The number of phenols is 1. The van der Waals surface area contributed by atoms with Crippen LogP contribution in [-0.4, -0.2) is 73.7 Å². The summed E-state index contributed by atoms with van der Waals surface area (Å²) in [6, 6.07) is 3.33. The number of nitrogens with zero attached hydrogens (tertiary/aromatic N) is 3. The van der Waals surface area contributed by atoms with Gasteiger partial charge in [-0.05, 0) is 24.8 Å². The van der Waals surface area contributed by atoms with E-state index in [1.165, 1.54) is 25.4 Å². The summed E-state index contributed by atoms with van der Waals surface area (Å²) in [6.07, 6.45) is 5.07. The van der Waals surface area contributed by atoms with Crippen LogP contribution in [0.2, 0.25) is 0 Å². The second-order valence-electron chi connectivity index (χ2n) is 8.08. The van der Waals surface area contributed by atoms with Crippen molar-refractivity contribution in [2.24, 2.45) is 0 Å². The number of ether oxygens (including phenoxy) is 1. The number of rotatable bonds is 8. The molecule has 0 spiro atoms. The van der Waals surface area contributed by atoms with E-state index in [-0.39, 0.29) is 18.2 Å². The summed E-state index contributed by atoms with van der Waals surface area (Å²) in [6.45, 7) is 13.5. The highest BCUT2D eigenvalue weighted by Crippen LogP contribution is 2.43. The van der Waals surface area contributed by atoms with Crippen molar-refractivity contribution in [1.82, 2.24) is 9.80 Å². The summed E-state index contributed by atoms with van der Waals surface area (Å²) in [5.74, 6) is -0.557. The fourth-order valence-electron chi connectivity index (χ4n) is 3.91. The van der Waals surface area contributed by atoms with Gasteiger partial charge in [0.2, 0.25) is 5.91 Å². The van der Waals surface area contributed by atoms with Crippen LogP contribution < -0.4 is 4.90 Å². The molecule has 0 atom stereocenters. The fraction of sp³-hybridized carbons (Fsp3) is 0.360. The number of carbonyl (C=O) groups is 2. The third kappa shape index (κ3) is 5.35. The van der Waals surface area contributed by atoms with Crippen molar-refractivity contribution in [3.8, 4) is 5.75 Å². The Morgan fingerprint density at radius 2 is 1.94 bits per heavy atom. The normalized spacial score (nSPS) is 15.4. The molecule has 176 valence electrons. The van der Waals surface area contributed by atoms with Gasteiger partial charge in [0.15, 0.2) is 0 Å². The van der Waals surface area contributed by atoms with Crippen LogP contribution in [0.3, 0.4) is 0 Å². The Hall–Kier alpha value is -2.94. The van der Waals surface area contributed by atoms with E-state index in [1.54, 1.807) is 35.3 Å². The summed E-state index contributed by atoms with van der Waals surface area (Å²) < 4.78 is 5.87. The number of amides is 1. The number of hydrogen-bond donors (Lipinski definition) is 1. The van der Waals surface area contributed by atoms with E-state index in [0.29, 0.717) is 22.5 Å². The van der Waals surface area contributed by atoms with Crippen molar-refractivity contribution in [2.75, 3.05) is 51.8 Å². The predicted molar refractivity (Wildman–Crippen MR) is 134 cm³/mol. The smallest absolute Gasteiger partial charge is 0.341 e. The van der Waals surface area contributed by atoms with Crippen LogP contribution in [0.1, 0.15) is 22.8 Å². The summed E-state index contributed by atoms with van der Waals surface area (Å²) in [5, 5.41) is 11.9. The Bertz CT molecular complexity index is 1100. The SMILES string of the molecule is C=C/C=C(\C=C)CN(C(C)=O)c1sc2c(CN3CCN(C)CC3)c(O)ccc2c1C(=O)OC. The van der Waals surface area contributed by atoms with Crippen molar-refractivity contribution in [1.29, 1.82) is 0 Å². The molecule has 33 heavy (non-hydrogen) atoms. The second-order valence-corrected chi connectivity index (χ2v) is 9.08. The molecule has 0 saturated carbocycles. The number of phenolic OH excluding ortho intramolecular Hbond substituents is 1. The molecule has 1 aliphatic rings. The molecular weight excluding hydrogens is 438 g/mol. The van der Waals surface area contributed by atoms with Crippen LogP contribution in [0.5, 0.6) is 5.75 Å². The van der Waals surface area contributed by atoms with Crippen LogP contribution in [-0.2, 0) is 16.1 Å². The molecule has 7 nitrogen and oxygen atoms in total. The van der Waals surface area contributed by atoms with Gasteiger partial charge < -0.3 is 14.7 Å². The third-order valence-corrected chi connectivity index (χ3v) is 7.13. The number of hydrogen-bond acceptors (Lipinski definition) is 7. The minimum absolute atomic E-state index is 0.179. The number of aromatic hydroxyl groups is 1. The number of piperazine rings is 1. The number of likely N-dealkylation sites (N-methyl/N-ethyl adjacent to an activating group) is 1. The first-order valence-electron chi connectivity index (χ1n) is 10.8. The van der Waals surface area contributed by atoms with Gasteiger partial charge in [-0.15, -0.1) is 11.3 Å². The summed E-state index contributed by atoms with van der Waals surface area (Å²) in [5.41, 5.74) is 1.87. The highest BCUT2D eigenvalue weighted by atomic mass is 32.1. The lowest BCUT2D eigenvalue weighted by atomic mass is 10.1. The minimum atomic E-state index is -0.522. The van der Waals surface area contributed by atoms with Gasteiger partial charge in [-0.3, -0.25) is 14.6 Å². The summed E-state index contributed by atoms with van der Waals surface area (Å²) >= 11 is 1.32. The van der Waals surface area contributed by atoms with E-state index in [4.69, 9.17) is 4.74 Å². The zero-order valence-corrected chi connectivity index (χ0v) is 20.3. The Balaban J connectivity index is 2.15. The molecule has 1 aliphatic heterocycles. The maximum Gasteiger partial charge on any atom is 0.341 e. The first-order chi connectivity index (χ1) is 15.8. The summed E-state index contributed by atoms with van der Waals surface area (Å²) in [4.78, 5) is 31.6. The Morgan fingerprint density at radius 3 is 2.52 bits per heavy atom. The van der Waals surface area contributed by atoms with Gasteiger partial charge in [0.25, 0.3) is 0 Å². The molecule has 1 aromatic heterocycles. The van der Waals surface area contributed by atoms with Crippen LogP contribution in [0.15, 0.2) is 49.1 Å². The topological polar surface area (TPSA) is 73.3 Å². The highest BCUT2D eigenvalue weighted by Gasteiger charge is 2.28. The van der Waals surface area contributed by atoms with Crippen LogP contribution in [0, 0.1) is 0 Å². The van der Waals surface area contributed by atoms with Crippen molar-refractivity contribution in [3.63, 3.8) is 0 Å². The molecule has 8 heteroatoms. The van der Waals surface area contributed by atoms with Crippen molar-refractivity contribution in [3.05, 3.63) is 60.2 Å². The van der Waals surface area contributed by atoms with E-state index in [2.05, 4.69) is 30.0 Å². The molecule has 1 aromatic carbocycles. The van der Waals surface area contributed by atoms with E-state index >= 15 is 0 Å². The first-order valence-corrected chi connectivity index (χ1v) is 11.6. The number of carbonyl (C=O) groups excluding carboxylic acids is 2. The lowest BCUT2D eigenvalue weighted by Crippen LogP contribution is -2.43. The number of fused-ring (bicyclic) bond motifs is 1. The molecule has 0 bridgehead atoms. The molecule has 1 saturated heterocycles. The van der Waals surface area contributed by atoms with Crippen LogP contribution in [0.25, 0.3) is 10.1 Å². The van der Waals surface area contributed by atoms with Gasteiger partial charge in [0, 0.05) is 55.3 Å². The number of thiophene rings is 1. The van der Waals surface area contributed by atoms with E-state index < -0.39 is 5.97 Å². The molecular formula is C25H31N3O4S. The van der Waals surface area contributed by atoms with Crippen molar-refractivity contribution < 1.29 is 19.4 Å². The number of esters is 1. The van der Waals surface area contributed by atoms with Gasteiger partial charge in [-0.2, -0.15) is 0 Å². The Morgan fingerprint density at radius 1 is 1.24 bits per heavy atom. The predicted octanol–water partition coefficient (Wildman–Crippen LogP) is 3.79. The van der Waals surface area contributed by atoms with Crippen molar-refractivity contribution in [2.45, 2.75) is 13.5 Å². The average molecular weight is 470 g/mol. The van der Waals surface area contributed by atoms with E-state index in [0.717, 1.165) is 42.0 Å². The van der Waals surface area contributed by atoms with Gasteiger partial charge in [0.1, 0.15) is 16.3 Å². The Labute approximate surface area is 198 Å².